The topological polar surface area (TPSA) is 32.3 Å². The zero-order valence-electron chi connectivity index (χ0n) is 8.85. The van der Waals surface area contributed by atoms with Gasteiger partial charge in [0, 0.05) is 12.6 Å². The first kappa shape index (κ1) is 12.8. The summed E-state index contributed by atoms with van der Waals surface area (Å²) in [5, 5.41) is 11.6. The summed E-state index contributed by atoms with van der Waals surface area (Å²) in [5.41, 5.74) is 0. The Morgan fingerprint density at radius 1 is 1.33 bits per heavy atom. The van der Waals surface area contributed by atoms with Gasteiger partial charge in [0.15, 0.2) is 6.10 Å². The zero-order chi connectivity index (χ0) is 11.5. The van der Waals surface area contributed by atoms with Crippen LogP contribution in [0.25, 0.3) is 0 Å². The highest BCUT2D eigenvalue weighted by Crippen LogP contribution is 2.24. The number of alkyl halides is 3. The van der Waals surface area contributed by atoms with Crippen LogP contribution in [0, 0.1) is 5.92 Å². The van der Waals surface area contributed by atoms with Crippen molar-refractivity contribution in [3.63, 3.8) is 0 Å². The van der Waals surface area contributed by atoms with E-state index in [0.29, 0.717) is 5.92 Å². The second-order valence-corrected chi connectivity index (χ2v) is 4.33. The van der Waals surface area contributed by atoms with Crippen molar-refractivity contribution < 1.29 is 18.3 Å². The van der Waals surface area contributed by atoms with Crippen molar-refractivity contribution in [2.24, 2.45) is 5.92 Å². The van der Waals surface area contributed by atoms with Gasteiger partial charge in [0.1, 0.15) is 0 Å². The molecular weight excluding hydrogens is 207 g/mol. The lowest BCUT2D eigenvalue weighted by Gasteiger charge is -2.30. The first-order chi connectivity index (χ1) is 6.91. The Bertz CT molecular complexity index is 196. The normalized spacial score (nSPS) is 30.2. The Kier molecular flexibility index (Phi) is 4.40. The third kappa shape index (κ3) is 3.99. The van der Waals surface area contributed by atoms with Crippen LogP contribution >= 0.6 is 0 Å². The van der Waals surface area contributed by atoms with Crippen molar-refractivity contribution in [1.29, 1.82) is 0 Å². The Labute approximate surface area is 87.9 Å². The van der Waals surface area contributed by atoms with E-state index in [2.05, 4.69) is 5.32 Å². The van der Waals surface area contributed by atoms with Crippen LogP contribution in [0.3, 0.4) is 0 Å². The predicted molar refractivity (Wildman–Crippen MR) is 51.5 cm³/mol. The molecule has 3 atom stereocenters. The van der Waals surface area contributed by atoms with Crippen LogP contribution in [0.2, 0.25) is 0 Å². The molecule has 3 unspecified atom stereocenters. The lowest BCUT2D eigenvalue weighted by Crippen LogP contribution is -2.45. The van der Waals surface area contributed by atoms with Gasteiger partial charge in [-0.05, 0) is 18.8 Å². The van der Waals surface area contributed by atoms with Gasteiger partial charge in [0.25, 0.3) is 0 Å². The standard InChI is InChI=1S/C10H18F3NO/c1-7-4-2-3-5-8(7)14-6-9(15)10(11,12)13/h7-9,14-15H,2-6H2,1H3. The number of rotatable bonds is 3. The second-order valence-electron chi connectivity index (χ2n) is 4.33. The summed E-state index contributed by atoms with van der Waals surface area (Å²) in [7, 11) is 0. The van der Waals surface area contributed by atoms with Crippen molar-refractivity contribution >= 4 is 0 Å². The monoisotopic (exact) mass is 225 g/mol. The Morgan fingerprint density at radius 2 is 1.93 bits per heavy atom. The third-order valence-electron chi connectivity index (χ3n) is 3.06. The number of hydrogen-bond acceptors (Lipinski definition) is 2. The average molecular weight is 225 g/mol. The van der Waals surface area contributed by atoms with Gasteiger partial charge >= 0.3 is 6.18 Å². The molecule has 90 valence electrons. The van der Waals surface area contributed by atoms with E-state index in [-0.39, 0.29) is 6.04 Å². The third-order valence-corrected chi connectivity index (χ3v) is 3.06. The Balaban J connectivity index is 2.29. The number of hydrogen-bond donors (Lipinski definition) is 2. The zero-order valence-corrected chi connectivity index (χ0v) is 8.85. The van der Waals surface area contributed by atoms with Crippen LogP contribution in [-0.2, 0) is 0 Å². The number of aliphatic hydroxyl groups excluding tert-OH is 1. The van der Waals surface area contributed by atoms with Crippen LogP contribution in [-0.4, -0.2) is 30.0 Å². The van der Waals surface area contributed by atoms with Crippen molar-refractivity contribution in [2.45, 2.75) is 50.9 Å². The van der Waals surface area contributed by atoms with E-state index in [1.807, 2.05) is 6.92 Å². The van der Waals surface area contributed by atoms with E-state index in [1.165, 1.54) is 0 Å². The number of nitrogens with one attached hydrogen (secondary N) is 1. The summed E-state index contributed by atoms with van der Waals surface area (Å²) in [4.78, 5) is 0. The summed E-state index contributed by atoms with van der Waals surface area (Å²) in [6, 6.07) is 0.121. The van der Waals surface area contributed by atoms with Crippen LogP contribution in [0.1, 0.15) is 32.6 Å². The molecule has 0 bridgehead atoms. The van der Waals surface area contributed by atoms with Crippen LogP contribution in [0.15, 0.2) is 0 Å². The molecule has 0 radical (unpaired) electrons. The van der Waals surface area contributed by atoms with Gasteiger partial charge < -0.3 is 10.4 Å². The molecule has 2 nitrogen and oxygen atoms in total. The molecule has 15 heavy (non-hydrogen) atoms. The molecular formula is C10H18F3NO. The molecule has 2 N–H and O–H groups in total. The minimum absolute atomic E-state index is 0.121. The van der Waals surface area contributed by atoms with Gasteiger partial charge in [-0.3, -0.25) is 0 Å². The molecule has 0 aromatic rings. The highest BCUT2D eigenvalue weighted by atomic mass is 19.4. The summed E-state index contributed by atoms with van der Waals surface area (Å²) in [5.74, 6) is 0.402. The van der Waals surface area contributed by atoms with Gasteiger partial charge in [-0.15, -0.1) is 0 Å². The fourth-order valence-electron chi connectivity index (χ4n) is 2.00. The Morgan fingerprint density at radius 3 is 2.47 bits per heavy atom. The van der Waals surface area contributed by atoms with Gasteiger partial charge in [-0.25, -0.2) is 0 Å². The first-order valence-corrected chi connectivity index (χ1v) is 5.39. The summed E-state index contributed by atoms with van der Waals surface area (Å²) < 4.78 is 36.0. The minimum Gasteiger partial charge on any atom is -0.382 e. The van der Waals surface area contributed by atoms with Crippen molar-refractivity contribution in [3.05, 3.63) is 0 Å². The summed E-state index contributed by atoms with van der Waals surface area (Å²) in [6.07, 6.45) is -2.58. The van der Waals surface area contributed by atoms with Crippen LogP contribution in [0.5, 0.6) is 0 Å². The SMILES string of the molecule is CC1CCCCC1NCC(O)C(F)(F)F. The predicted octanol–water partition coefficient (Wildman–Crippen LogP) is 2.08. The molecule has 1 saturated carbocycles. The molecule has 0 spiro atoms. The van der Waals surface area contributed by atoms with Crippen LogP contribution < -0.4 is 5.32 Å². The molecule has 0 aromatic heterocycles. The van der Waals surface area contributed by atoms with Crippen LogP contribution in [0.4, 0.5) is 13.2 Å². The number of aliphatic hydroxyl groups is 1. The van der Waals surface area contributed by atoms with Crippen molar-refractivity contribution in [2.75, 3.05) is 6.54 Å². The lowest BCUT2D eigenvalue weighted by molar-refractivity contribution is -0.202. The number of halogens is 3. The molecule has 0 amide bonds. The van der Waals surface area contributed by atoms with Gasteiger partial charge in [-0.2, -0.15) is 13.2 Å². The molecule has 1 aliphatic rings. The highest BCUT2D eigenvalue weighted by molar-refractivity contribution is 4.80. The fraction of sp³-hybridized carbons (Fsp3) is 1.00. The molecule has 0 saturated heterocycles. The summed E-state index contributed by atoms with van der Waals surface area (Å²) >= 11 is 0. The average Bonchev–Trinajstić information content (AvgIpc) is 2.14. The molecule has 5 heteroatoms. The summed E-state index contributed by atoms with van der Waals surface area (Å²) in [6.45, 7) is 1.65. The smallest absolute Gasteiger partial charge is 0.382 e. The molecule has 1 rings (SSSR count). The largest absolute Gasteiger partial charge is 0.415 e. The maximum absolute atomic E-state index is 12.0. The van der Waals surface area contributed by atoms with Gasteiger partial charge in [0.2, 0.25) is 0 Å². The van der Waals surface area contributed by atoms with Gasteiger partial charge in [0.05, 0.1) is 0 Å². The van der Waals surface area contributed by atoms with E-state index in [4.69, 9.17) is 5.11 Å². The van der Waals surface area contributed by atoms with E-state index < -0.39 is 18.8 Å². The Hall–Kier alpha value is -0.290. The molecule has 0 aliphatic heterocycles. The van der Waals surface area contributed by atoms with Crippen molar-refractivity contribution in [3.8, 4) is 0 Å². The van der Waals surface area contributed by atoms with E-state index >= 15 is 0 Å². The molecule has 1 fully saturated rings. The first-order valence-electron chi connectivity index (χ1n) is 5.39. The van der Waals surface area contributed by atoms with Gasteiger partial charge in [-0.1, -0.05) is 19.8 Å². The van der Waals surface area contributed by atoms with E-state index in [9.17, 15) is 13.2 Å². The minimum atomic E-state index is -4.51. The molecule has 0 aromatic carbocycles. The maximum atomic E-state index is 12.0. The molecule has 1 aliphatic carbocycles. The quantitative estimate of drug-likeness (QED) is 0.770. The molecule has 0 heterocycles. The fourth-order valence-corrected chi connectivity index (χ4v) is 2.00. The van der Waals surface area contributed by atoms with E-state index in [0.717, 1.165) is 25.7 Å². The highest BCUT2D eigenvalue weighted by Gasteiger charge is 2.38. The lowest BCUT2D eigenvalue weighted by atomic mass is 9.86. The maximum Gasteiger partial charge on any atom is 0.415 e. The second kappa shape index (κ2) is 5.16. The van der Waals surface area contributed by atoms with E-state index in [1.54, 1.807) is 0 Å². The van der Waals surface area contributed by atoms with Crippen molar-refractivity contribution in [1.82, 2.24) is 5.32 Å².